The van der Waals surface area contributed by atoms with Crippen molar-refractivity contribution in [3.05, 3.63) is 60.2 Å². The van der Waals surface area contributed by atoms with E-state index in [1.807, 2.05) is 13.8 Å². The van der Waals surface area contributed by atoms with Crippen molar-refractivity contribution >= 4 is 27.6 Å². The number of benzene rings is 2. The van der Waals surface area contributed by atoms with Gasteiger partial charge >= 0.3 is 5.97 Å². The maximum Gasteiger partial charge on any atom is 0.338 e. The zero-order valence-corrected chi connectivity index (χ0v) is 16.7. The third kappa shape index (κ3) is 6.38. The van der Waals surface area contributed by atoms with Gasteiger partial charge in [-0.3, -0.25) is 9.52 Å². The molecule has 0 aliphatic carbocycles. The van der Waals surface area contributed by atoms with Crippen LogP contribution in [0.3, 0.4) is 0 Å². The van der Waals surface area contributed by atoms with E-state index in [2.05, 4.69) is 10.0 Å². The molecule has 0 bridgehead atoms. The first kappa shape index (κ1) is 21.4. The van der Waals surface area contributed by atoms with Gasteiger partial charge in [0.25, 0.3) is 15.9 Å². The lowest BCUT2D eigenvalue weighted by atomic mass is 10.2. The van der Waals surface area contributed by atoms with Crippen molar-refractivity contribution in [1.29, 1.82) is 0 Å². The molecule has 1 atom stereocenters. The quantitative estimate of drug-likeness (QED) is 0.626. The van der Waals surface area contributed by atoms with E-state index >= 15 is 0 Å². The van der Waals surface area contributed by atoms with Gasteiger partial charge in [0, 0.05) is 11.7 Å². The van der Waals surface area contributed by atoms with E-state index in [9.17, 15) is 18.0 Å². The average molecular weight is 404 g/mol. The third-order valence-corrected chi connectivity index (χ3v) is 5.26. The van der Waals surface area contributed by atoms with Gasteiger partial charge in [0.2, 0.25) is 0 Å². The molecule has 2 N–H and O–H groups in total. The molecule has 0 fully saturated rings. The van der Waals surface area contributed by atoms with Gasteiger partial charge in [-0.25, -0.2) is 13.2 Å². The first-order valence-corrected chi connectivity index (χ1v) is 10.4. The molecule has 8 heteroatoms. The maximum atomic E-state index is 12.4. The molecule has 2 aromatic rings. The molecule has 0 spiro atoms. The minimum Gasteiger partial charge on any atom is -0.452 e. The molecular weight excluding hydrogens is 380 g/mol. The highest BCUT2D eigenvalue weighted by atomic mass is 32.2. The Morgan fingerprint density at radius 3 is 2.46 bits per heavy atom. The number of anilines is 1. The van der Waals surface area contributed by atoms with Gasteiger partial charge < -0.3 is 10.1 Å². The molecule has 0 aromatic heterocycles. The lowest BCUT2D eigenvalue weighted by Gasteiger charge is -2.13. The number of carbonyl (C=O) groups is 2. The van der Waals surface area contributed by atoms with Crippen LogP contribution < -0.4 is 10.0 Å². The number of esters is 1. The predicted octanol–water partition coefficient (Wildman–Crippen LogP) is 2.95. The fraction of sp³-hybridized carbons (Fsp3) is 0.300. The zero-order chi connectivity index (χ0) is 20.6. The Balaban J connectivity index is 1.99. The van der Waals surface area contributed by atoms with Crippen LogP contribution in [0.25, 0.3) is 0 Å². The number of nitrogens with one attached hydrogen (secondary N) is 2. The summed E-state index contributed by atoms with van der Waals surface area (Å²) in [6, 6.07) is 13.8. The number of amides is 1. The van der Waals surface area contributed by atoms with Crippen LogP contribution in [0.1, 0.15) is 37.0 Å². The summed E-state index contributed by atoms with van der Waals surface area (Å²) in [5.74, 6) is -1.09. The van der Waals surface area contributed by atoms with Crippen molar-refractivity contribution in [2.45, 2.75) is 37.6 Å². The Hall–Kier alpha value is -2.87. The third-order valence-electron chi connectivity index (χ3n) is 3.87. The Morgan fingerprint density at radius 2 is 1.79 bits per heavy atom. The summed E-state index contributed by atoms with van der Waals surface area (Å²) in [4.78, 5) is 24.1. The Morgan fingerprint density at radius 1 is 1.07 bits per heavy atom. The Labute approximate surface area is 165 Å². The predicted molar refractivity (Wildman–Crippen MR) is 106 cm³/mol. The average Bonchev–Trinajstić information content (AvgIpc) is 2.67. The minimum absolute atomic E-state index is 0.00641. The van der Waals surface area contributed by atoms with E-state index in [1.54, 1.807) is 18.2 Å². The maximum absolute atomic E-state index is 12.4. The van der Waals surface area contributed by atoms with Gasteiger partial charge in [0.15, 0.2) is 6.61 Å². The molecule has 0 radical (unpaired) electrons. The summed E-state index contributed by atoms with van der Waals surface area (Å²) in [5, 5.41) is 2.74. The van der Waals surface area contributed by atoms with Crippen molar-refractivity contribution in [3.63, 3.8) is 0 Å². The largest absolute Gasteiger partial charge is 0.452 e. The highest BCUT2D eigenvalue weighted by molar-refractivity contribution is 7.92. The van der Waals surface area contributed by atoms with Gasteiger partial charge in [-0.2, -0.15) is 0 Å². The molecule has 2 rings (SSSR count). The van der Waals surface area contributed by atoms with Crippen LogP contribution in [0.2, 0.25) is 0 Å². The topological polar surface area (TPSA) is 102 Å². The van der Waals surface area contributed by atoms with Crippen molar-refractivity contribution < 1.29 is 22.7 Å². The van der Waals surface area contributed by atoms with E-state index in [-0.39, 0.29) is 28.1 Å². The first-order valence-electron chi connectivity index (χ1n) is 8.96. The van der Waals surface area contributed by atoms with Gasteiger partial charge in [-0.15, -0.1) is 0 Å². The second-order valence-corrected chi connectivity index (χ2v) is 8.02. The van der Waals surface area contributed by atoms with Gasteiger partial charge in [-0.1, -0.05) is 37.6 Å². The fourth-order valence-electron chi connectivity index (χ4n) is 2.56. The number of sulfonamides is 1. The number of ether oxygens (including phenoxy) is 1. The molecule has 0 unspecified atom stereocenters. The first-order chi connectivity index (χ1) is 13.3. The number of hydrogen-bond acceptors (Lipinski definition) is 5. The second-order valence-electron chi connectivity index (χ2n) is 6.33. The molecule has 28 heavy (non-hydrogen) atoms. The van der Waals surface area contributed by atoms with Crippen molar-refractivity contribution in [3.8, 4) is 0 Å². The standard InChI is InChI=1S/C20H24N2O5S/c1-3-8-15(2)21-19(23)14-27-20(24)16-9-7-10-17(13-16)22-28(25,26)18-11-5-4-6-12-18/h4-7,9-13,15,22H,3,8,14H2,1-2H3,(H,21,23)/t15-/m1/s1. The van der Waals surface area contributed by atoms with Gasteiger partial charge in [0.05, 0.1) is 10.5 Å². The van der Waals surface area contributed by atoms with Gasteiger partial charge in [0.1, 0.15) is 0 Å². The molecule has 0 aliphatic rings. The number of hydrogen-bond donors (Lipinski definition) is 2. The van der Waals surface area contributed by atoms with Crippen LogP contribution >= 0.6 is 0 Å². The summed E-state index contributed by atoms with van der Waals surface area (Å²) in [6.07, 6.45) is 1.77. The van der Waals surface area contributed by atoms with Crippen molar-refractivity contribution in [1.82, 2.24) is 5.32 Å². The fourth-order valence-corrected chi connectivity index (χ4v) is 3.63. The summed E-state index contributed by atoms with van der Waals surface area (Å²) >= 11 is 0. The highest BCUT2D eigenvalue weighted by Gasteiger charge is 2.16. The van der Waals surface area contributed by atoms with Crippen molar-refractivity contribution in [2.75, 3.05) is 11.3 Å². The van der Waals surface area contributed by atoms with E-state index < -0.39 is 22.6 Å². The molecule has 7 nitrogen and oxygen atoms in total. The molecule has 150 valence electrons. The molecule has 0 saturated heterocycles. The molecule has 0 heterocycles. The van der Waals surface area contributed by atoms with Crippen LogP contribution in [-0.2, 0) is 19.6 Å². The summed E-state index contributed by atoms with van der Waals surface area (Å²) in [5.41, 5.74) is 0.363. The SMILES string of the molecule is CCC[C@@H](C)NC(=O)COC(=O)c1cccc(NS(=O)(=O)c2ccccc2)c1. The number of carbonyl (C=O) groups excluding carboxylic acids is 2. The zero-order valence-electron chi connectivity index (χ0n) is 15.8. The summed E-state index contributed by atoms with van der Waals surface area (Å²) < 4.78 is 32.2. The molecule has 0 saturated carbocycles. The monoisotopic (exact) mass is 404 g/mol. The van der Waals surface area contributed by atoms with Crippen LogP contribution in [-0.4, -0.2) is 32.9 Å². The Bertz CT molecular complexity index is 913. The molecule has 1 amide bonds. The van der Waals surface area contributed by atoms with E-state index in [0.717, 1.165) is 12.8 Å². The second kappa shape index (κ2) is 9.89. The van der Waals surface area contributed by atoms with Gasteiger partial charge in [-0.05, 0) is 43.7 Å². The van der Waals surface area contributed by atoms with Crippen LogP contribution in [0, 0.1) is 0 Å². The smallest absolute Gasteiger partial charge is 0.338 e. The van der Waals surface area contributed by atoms with E-state index in [0.29, 0.717) is 0 Å². The Kier molecular flexibility index (Phi) is 7.57. The van der Waals surface area contributed by atoms with E-state index in [4.69, 9.17) is 4.74 Å². The van der Waals surface area contributed by atoms with Crippen molar-refractivity contribution in [2.24, 2.45) is 0 Å². The summed E-state index contributed by atoms with van der Waals surface area (Å²) in [6.45, 7) is 3.50. The van der Waals surface area contributed by atoms with Crippen LogP contribution in [0.5, 0.6) is 0 Å². The lowest BCUT2D eigenvalue weighted by molar-refractivity contribution is -0.124. The number of rotatable bonds is 9. The molecule has 2 aromatic carbocycles. The summed E-state index contributed by atoms with van der Waals surface area (Å²) in [7, 11) is -3.77. The van der Waals surface area contributed by atoms with Crippen LogP contribution in [0.15, 0.2) is 59.5 Å². The lowest BCUT2D eigenvalue weighted by Crippen LogP contribution is -2.35. The normalized spacial score (nSPS) is 12.1. The minimum atomic E-state index is -3.77. The van der Waals surface area contributed by atoms with E-state index in [1.165, 1.54) is 36.4 Å². The molecule has 0 aliphatic heterocycles. The highest BCUT2D eigenvalue weighted by Crippen LogP contribution is 2.17. The molecular formula is C20H24N2O5S. The van der Waals surface area contributed by atoms with Crippen LogP contribution in [0.4, 0.5) is 5.69 Å².